The Kier molecular flexibility index (Phi) is 4.97. The fraction of sp³-hybridized carbons (Fsp3) is 0.214. The van der Waals surface area contributed by atoms with E-state index in [4.69, 9.17) is 4.74 Å². The van der Waals surface area contributed by atoms with Crippen LogP contribution in [0.25, 0.3) is 0 Å². The van der Waals surface area contributed by atoms with E-state index in [2.05, 4.69) is 25.6 Å². The van der Waals surface area contributed by atoms with Crippen molar-refractivity contribution in [3.05, 3.63) is 52.3 Å². The molecule has 0 bridgehead atoms. The number of rotatable bonds is 5. The first kappa shape index (κ1) is 15.9. The van der Waals surface area contributed by atoms with Gasteiger partial charge in [0, 0.05) is 10.2 Å². The number of hydrogen-bond acceptors (Lipinski definition) is 4. The van der Waals surface area contributed by atoms with E-state index in [1.165, 1.54) is 13.2 Å². The Morgan fingerprint density at radius 1 is 1.29 bits per heavy atom. The molecule has 0 atom stereocenters. The van der Waals surface area contributed by atoms with E-state index >= 15 is 0 Å². The molecule has 1 aromatic heterocycles. The van der Waals surface area contributed by atoms with Crippen LogP contribution < -0.4 is 9.46 Å². The van der Waals surface area contributed by atoms with Gasteiger partial charge in [0.05, 0.1) is 19.3 Å². The zero-order chi connectivity index (χ0) is 15.5. The van der Waals surface area contributed by atoms with E-state index in [0.717, 1.165) is 5.69 Å². The lowest BCUT2D eigenvalue weighted by molar-refractivity contribution is 0.402. The van der Waals surface area contributed by atoms with Gasteiger partial charge in [-0.2, -0.15) is 0 Å². The lowest BCUT2D eigenvalue weighted by atomic mass is 10.3. The Balaban J connectivity index is 2.24. The summed E-state index contributed by atoms with van der Waals surface area (Å²) in [4.78, 5) is 4.35. The van der Waals surface area contributed by atoms with Gasteiger partial charge in [-0.15, -0.1) is 0 Å². The SMILES string of the molecule is COc1ccc(Br)cc1S(=O)(=O)NCc1cccc(C)n1. The highest BCUT2D eigenvalue weighted by atomic mass is 79.9. The summed E-state index contributed by atoms with van der Waals surface area (Å²) >= 11 is 3.26. The molecule has 1 aromatic carbocycles. The van der Waals surface area contributed by atoms with Crippen molar-refractivity contribution >= 4 is 26.0 Å². The molecule has 2 rings (SSSR count). The van der Waals surface area contributed by atoms with E-state index in [9.17, 15) is 8.42 Å². The molecule has 0 radical (unpaired) electrons. The molecule has 0 fully saturated rings. The summed E-state index contributed by atoms with van der Waals surface area (Å²) in [6, 6.07) is 10.3. The zero-order valence-electron chi connectivity index (χ0n) is 11.6. The first-order valence-electron chi connectivity index (χ1n) is 6.18. The summed E-state index contributed by atoms with van der Waals surface area (Å²) in [5.41, 5.74) is 1.50. The molecule has 112 valence electrons. The maximum absolute atomic E-state index is 12.4. The lowest BCUT2D eigenvalue weighted by Crippen LogP contribution is -2.24. The zero-order valence-corrected chi connectivity index (χ0v) is 14.0. The molecule has 0 amide bonds. The number of halogens is 1. The van der Waals surface area contributed by atoms with E-state index < -0.39 is 10.0 Å². The predicted octanol–water partition coefficient (Wildman–Crippen LogP) is 2.64. The van der Waals surface area contributed by atoms with Crippen LogP contribution in [-0.4, -0.2) is 20.5 Å². The molecule has 2 aromatic rings. The number of ether oxygens (including phenoxy) is 1. The Morgan fingerprint density at radius 3 is 2.71 bits per heavy atom. The molecule has 1 N–H and O–H groups in total. The third-order valence-electron chi connectivity index (χ3n) is 2.80. The summed E-state index contributed by atoms with van der Waals surface area (Å²) < 4.78 is 33.1. The molecule has 5 nitrogen and oxygen atoms in total. The minimum atomic E-state index is -3.68. The van der Waals surface area contributed by atoms with Gasteiger partial charge in [-0.05, 0) is 37.3 Å². The molecule has 0 spiro atoms. The van der Waals surface area contributed by atoms with Crippen LogP contribution in [0.15, 0.2) is 45.8 Å². The molecule has 7 heteroatoms. The van der Waals surface area contributed by atoms with Crippen molar-refractivity contribution in [1.82, 2.24) is 9.71 Å². The van der Waals surface area contributed by atoms with Crippen LogP contribution in [0.3, 0.4) is 0 Å². The van der Waals surface area contributed by atoms with E-state index in [1.807, 2.05) is 19.1 Å². The quantitative estimate of drug-likeness (QED) is 0.878. The Bertz CT molecular complexity index is 748. The number of benzene rings is 1. The average molecular weight is 371 g/mol. The van der Waals surface area contributed by atoms with Gasteiger partial charge in [0.15, 0.2) is 0 Å². The summed E-state index contributed by atoms with van der Waals surface area (Å²) in [6.45, 7) is 1.98. The van der Waals surface area contributed by atoms with Gasteiger partial charge < -0.3 is 4.74 Å². The standard InChI is InChI=1S/C14H15BrN2O3S/c1-10-4-3-5-12(17-10)9-16-21(18,19)14-8-11(15)6-7-13(14)20-2/h3-8,16H,9H2,1-2H3. The normalized spacial score (nSPS) is 11.4. The lowest BCUT2D eigenvalue weighted by Gasteiger charge is -2.11. The minimum Gasteiger partial charge on any atom is -0.495 e. The second-order valence-electron chi connectivity index (χ2n) is 4.39. The number of aromatic nitrogens is 1. The van der Waals surface area contributed by atoms with Crippen LogP contribution in [0.4, 0.5) is 0 Å². The largest absolute Gasteiger partial charge is 0.495 e. The molecule has 0 aliphatic carbocycles. The number of nitrogens with zero attached hydrogens (tertiary/aromatic N) is 1. The maximum Gasteiger partial charge on any atom is 0.244 e. The monoisotopic (exact) mass is 370 g/mol. The number of pyridine rings is 1. The van der Waals surface area contributed by atoms with Gasteiger partial charge in [0.25, 0.3) is 0 Å². The highest BCUT2D eigenvalue weighted by Crippen LogP contribution is 2.27. The first-order chi connectivity index (χ1) is 9.92. The first-order valence-corrected chi connectivity index (χ1v) is 8.46. The molecular weight excluding hydrogens is 356 g/mol. The van der Waals surface area contributed by atoms with Crippen molar-refractivity contribution in [3.8, 4) is 5.75 Å². The summed E-state index contributed by atoms with van der Waals surface area (Å²) in [5, 5.41) is 0. The molecule has 1 heterocycles. The Labute approximate surface area is 132 Å². The maximum atomic E-state index is 12.4. The van der Waals surface area contributed by atoms with Crippen molar-refractivity contribution in [3.63, 3.8) is 0 Å². The van der Waals surface area contributed by atoms with Gasteiger partial charge in [-0.25, -0.2) is 13.1 Å². The fourth-order valence-electron chi connectivity index (χ4n) is 1.81. The van der Waals surface area contributed by atoms with Crippen LogP contribution in [0, 0.1) is 6.92 Å². The highest BCUT2D eigenvalue weighted by Gasteiger charge is 2.19. The number of aryl methyl sites for hydroxylation is 1. The predicted molar refractivity (Wildman–Crippen MR) is 83.7 cm³/mol. The highest BCUT2D eigenvalue weighted by molar-refractivity contribution is 9.10. The van der Waals surface area contributed by atoms with Crippen LogP contribution >= 0.6 is 15.9 Å². The molecule has 21 heavy (non-hydrogen) atoms. The second-order valence-corrected chi connectivity index (χ2v) is 7.04. The fourth-order valence-corrected chi connectivity index (χ4v) is 3.51. The van der Waals surface area contributed by atoms with E-state index in [0.29, 0.717) is 15.9 Å². The minimum absolute atomic E-state index is 0.0898. The summed E-state index contributed by atoms with van der Waals surface area (Å²) in [7, 11) is -2.25. The van der Waals surface area contributed by atoms with Crippen LogP contribution in [0.1, 0.15) is 11.4 Å². The van der Waals surface area contributed by atoms with E-state index in [1.54, 1.807) is 18.2 Å². The van der Waals surface area contributed by atoms with Crippen LogP contribution in [0.5, 0.6) is 5.75 Å². The number of hydrogen-bond donors (Lipinski definition) is 1. The van der Waals surface area contributed by atoms with Gasteiger partial charge >= 0.3 is 0 Å². The van der Waals surface area contributed by atoms with Gasteiger partial charge in [-0.3, -0.25) is 4.98 Å². The summed E-state index contributed by atoms with van der Waals surface area (Å²) in [6.07, 6.45) is 0. The van der Waals surface area contributed by atoms with Crippen LogP contribution in [-0.2, 0) is 16.6 Å². The van der Waals surface area contributed by atoms with Gasteiger partial charge in [-0.1, -0.05) is 22.0 Å². The number of methoxy groups -OCH3 is 1. The molecular formula is C14H15BrN2O3S. The molecule has 0 unspecified atom stereocenters. The van der Waals surface area contributed by atoms with E-state index in [-0.39, 0.29) is 11.4 Å². The smallest absolute Gasteiger partial charge is 0.244 e. The average Bonchev–Trinajstić information content (AvgIpc) is 2.45. The third-order valence-corrected chi connectivity index (χ3v) is 4.72. The number of sulfonamides is 1. The molecule has 0 aliphatic heterocycles. The van der Waals surface area contributed by atoms with Crippen molar-refractivity contribution in [1.29, 1.82) is 0 Å². The van der Waals surface area contributed by atoms with Crippen molar-refractivity contribution in [2.45, 2.75) is 18.4 Å². The topological polar surface area (TPSA) is 68.3 Å². The molecule has 0 saturated carbocycles. The third kappa shape index (κ3) is 4.03. The second kappa shape index (κ2) is 6.55. The number of nitrogens with one attached hydrogen (secondary N) is 1. The molecule has 0 aliphatic rings. The van der Waals surface area contributed by atoms with Crippen molar-refractivity contribution < 1.29 is 13.2 Å². The van der Waals surface area contributed by atoms with Crippen LogP contribution in [0.2, 0.25) is 0 Å². The van der Waals surface area contributed by atoms with Gasteiger partial charge in [0.2, 0.25) is 10.0 Å². The Morgan fingerprint density at radius 2 is 2.05 bits per heavy atom. The van der Waals surface area contributed by atoms with Gasteiger partial charge in [0.1, 0.15) is 10.6 Å². The van der Waals surface area contributed by atoms with Crippen molar-refractivity contribution in [2.24, 2.45) is 0 Å². The summed E-state index contributed by atoms with van der Waals surface area (Å²) in [5.74, 6) is 0.294. The Hall–Kier alpha value is -1.44. The molecule has 0 saturated heterocycles. The van der Waals surface area contributed by atoms with Crippen molar-refractivity contribution in [2.75, 3.05) is 7.11 Å².